The van der Waals surface area contributed by atoms with E-state index in [0.717, 1.165) is 25.0 Å². The van der Waals surface area contributed by atoms with Gasteiger partial charge >= 0.3 is 6.18 Å². The largest absolute Gasteiger partial charge is 0.416 e. The van der Waals surface area contributed by atoms with E-state index in [0.29, 0.717) is 29.3 Å². The Morgan fingerprint density at radius 2 is 1.84 bits per heavy atom. The number of hydrogen-bond acceptors (Lipinski definition) is 3. The Balaban J connectivity index is 2.31. The van der Waals surface area contributed by atoms with Gasteiger partial charge in [-0.15, -0.1) is 0 Å². The van der Waals surface area contributed by atoms with Crippen molar-refractivity contribution < 1.29 is 18.0 Å². The van der Waals surface area contributed by atoms with Crippen molar-refractivity contribution in [3.05, 3.63) is 28.8 Å². The molecule has 140 valence electrons. The van der Waals surface area contributed by atoms with Crippen LogP contribution in [0.5, 0.6) is 0 Å². The third-order valence-corrected chi connectivity index (χ3v) is 4.97. The highest BCUT2D eigenvalue weighted by atomic mass is 19.4. The number of halogens is 3. The van der Waals surface area contributed by atoms with Gasteiger partial charge in [0.25, 0.3) is 0 Å². The predicted octanol–water partition coefficient (Wildman–Crippen LogP) is 3.69. The van der Waals surface area contributed by atoms with E-state index in [1.807, 2.05) is 6.92 Å². The number of piperidine rings is 1. The molecule has 1 fully saturated rings. The smallest absolute Gasteiger partial charge is 0.382 e. The number of carbonyl (C=O) groups is 1. The van der Waals surface area contributed by atoms with Crippen molar-refractivity contribution in [1.82, 2.24) is 5.32 Å². The second-order valence-electron chi connectivity index (χ2n) is 7.19. The van der Waals surface area contributed by atoms with E-state index in [9.17, 15) is 18.0 Å². The van der Waals surface area contributed by atoms with Gasteiger partial charge in [-0.2, -0.15) is 13.2 Å². The molecule has 0 bridgehead atoms. The highest BCUT2D eigenvalue weighted by molar-refractivity contribution is 5.96. The fourth-order valence-electron chi connectivity index (χ4n) is 3.68. The zero-order chi connectivity index (χ0) is 18.9. The fraction of sp³-hybridized carbons (Fsp3) is 0.611. The van der Waals surface area contributed by atoms with Crippen LogP contribution in [-0.2, 0) is 6.18 Å². The van der Waals surface area contributed by atoms with E-state index < -0.39 is 17.6 Å². The van der Waals surface area contributed by atoms with E-state index in [1.165, 1.54) is 0 Å². The number of hydrogen-bond donors (Lipinski definition) is 3. The average molecular weight is 357 g/mol. The van der Waals surface area contributed by atoms with E-state index in [-0.39, 0.29) is 11.6 Å². The molecule has 7 heteroatoms. The molecular formula is C18H26F3N3O. The molecule has 3 unspecified atom stereocenters. The minimum absolute atomic E-state index is 0.0186. The third kappa shape index (κ3) is 4.66. The highest BCUT2D eigenvalue weighted by Crippen LogP contribution is 2.35. The van der Waals surface area contributed by atoms with Crippen molar-refractivity contribution in [3.63, 3.8) is 0 Å². The van der Waals surface area contributed by atoms with Crippen LogP contribution in [0.4, 0.5) is 18.9 Å². The van der Waals surface area contributed by atoms with Crippen molar-refractivity contribution in [2.45, 2.75) is 64.8 Å². The van der Waals surface area contributed by atoms with Crippen LogP contribution in [-0.4, -0.2) is 24.0 Å². The normalized spacial score (nSPS) is 25.5. The Morgan fingerprint density at radius 3 is 2.32 bits per heavy atom. The van der Waals surface area contributed by atoms with Crippen LogP contribution in [0.2, 0.25) is 0 Å². The molecule has 1 amide bonds. The first-order chi connectivity index (χ1) is 11.5. The van der Waals surface area contributed by atoms with Gasteiger partial charge in [-0.05, 0) is 64.2 Å². The van der Waals surface area contributed by atoms with Crippen molar-refractivity contribution in [1.29, 1.82) is 0 Å². The Bertz CT molecular complexity index is 635. The molecule has 4 nitrogen and oxygen atoms in total. The lowest BCUT2D eigenvalue weighted by atomic mass is 9.84. The molecule has 0 spiro atoms. The summed E-state index contributed by atoms with van der Waals surface area (Å²) in [5.74, 6) is -0.527. The number of primary amides is 1. The summed E-state index contributed by atoms with van der Waals surface area (Å²) in [6.45, 7) is 7.80. The zero-order valence-electron chi connectivity index (χ0n) is 15.0. The van der Waals surface area contributed by atoms with Gasteiger partial charge in [0.05, 0.1) is 5.56 Å². The van der Waals surface area contributed by atoms with Crippen molar-refractivity contribution in [3.8, 4) is 0 Å². The van der Waals surface area contributed by atoms with Crippen LogP contribution < -0.4 is 16.4 Å². The molecule has 25 heavy (non-hydrogen) atoms. The summed E-state index contributed by atoms with van der Waals surface area (Å²) >= 11 is 0. The predicted molar refractivity (Wildman–Crippen MR) is 92.6 cm³/mol. The first-order valence-corrected chi connectivity index (χ1v) is 8.53. The second-order valence-corrected chi connectivity index (χ2v) is 7.19. The number of benzene rings is 1. The number of nitrogens with one attached hydrogen (secondary N) is 2. The molecule has 1 heterocycles. The van der Waals surface area contributed by atoms with Crippen molar-refractivity contribution in [2.24, 2.45) is 11.7 Å². The number of anilines is 1. The summed E-state index contributed by atoms with van der Waals surface area (Å²) in [5, 5.41) is 6.65. The molecule has 4 N–H and O–H groups in total. The summed E-state index contributed by atoms with van der Waals surface area (Å²) in [6.07, 6.45) is -2.65. The molecule has 1 aliphatic rings. The first kappa shape index (κ1) is 19.6. The topological polar surface area (TPSA) is 67.2 Å². The molecular weight excluding hydrogens is 331 g/mol. The van der Waals surface area contributed by atoms with Crippen LogP contribution in [0.25, 0.3) is 0 Å². The van der Waals surface area contributed by atoms with Gasteiger partial charge in [-0.1, -0.05) is 0 Å². The summed E-state index contributed by atoms with van der Waals surface area (Å²) in [4.78, 5) is 11.5. The van der Waals surface area contributed by atoms with Crippen LogP contribution in [0.15, 0.2) is 12.1 Å². The van der Waals surface area contributed by atoms with Gasteiger partial charge in [0, 0.05) is 29.4 Å². The van der Waals surface area contributed by atoms with Gasteiger partial charge in [0.1, 0.15) is 0 Å². The van der Waals surface area contributed by atoms with E-state index in [2.05, 4.69) is 24.5 Å². The molecule has 0 aromatic heterocycles. The van der Waals surface area contributed by atoms with E-state index in [4.69, 9.17) is 5.73 Å². The molecule has 1 aromatic carbocycles. The number of nitrogens with two attached hydrogens (primary N) is 1. The zero-order valence-corrected chi connectivity index (χ0v) is 15.0. The Labute approximate surface area is 146 Å². The standard InChI is InChI=1S/C18H26F3N3O/c1-9-5-13(6-10(2)23-9)12(4)24-16-8-14(18(19,20)21)7-15(11(16)3)17(22)25/h7-10,12-13,23-24H,5-6H2,1-4H3,(H2,22,25). The number of alkyl halides is 3. The maximum atomic E-state index is 13.1. The molecule has 0 saturated carbocycles. The van der Waals surface area contributed by atoms with Crippen LogP contribution in [0.3, 0.4) is 0 Å². The minimum atomic E-state index is -4.53. The molecule has 0 aliphatic carbocycles. The van der Waals surface area contributed by atoms with Gasteiger partial charge < -0.3 is 16.4 Å². The quantitative estimate of drug-likeness (QED) is 0.770. The molecule has 1 saturated heterocycles. The van der Waals surface area contributed by atoms with Crippen LogP contribution in [0, 0.1) is 12.8 Å². The lowest BCUT2D eigenvalue weighted by Crippen LogP contribution is -2.46. The molecule has 0 radical (unpaired) electrons. The van der Waals surface area contributed by atoms with Crippen molar-refractivity contribution >= 4 is 11.6 Å². The van der Waals surface area contributed by atoms with E-state index >= 15 is 0 Å². The number of carbonyl (C=O) groups excluding carboxylic acids is 1. The first-order valence-electron chi connectivity index (χ1n) is 8.53. The van der Waals surface area contributed by atoms with Gasteiger partial charge in [0.15, 0.2) is 0 Å². The second kappa shape index (κ2) is 7.23. The molecule has 1 aromatic rings. The van der Waals surface area contributed by atoms with Gasteiger partial charge in [-0.25, -0.2) is 0 Å². The summed E-state index contributed by atoms with van der Waals surface area (Å²) in [6, 6.07) is 2.59. The summed E-state index contributed by atoms with van der Waals surface area (Å²) in [5.41, 5.74) is 5.06. The van der Waals surface area contributed by atoms with Crippen LogP contribution >= 0.6 is 0 Å². The maximum Gasteiger partial charge on any atom is 0.416 e. The highest BCUT2D eigenvalue weighted by Gasteiger charge is 2.33. The fourth-order valence-corrected chi connectivity index (χ4v) is 3.68. The lowest BCUT2D eigenvalue weighted by molar-refractivity contribution is -0.137. The number of amides is 1. The van der Waals surface area contributed by atoms with Crippen molar-refractivity contribution in [2.75, 3.05) is 5.32 Å². The molecule has 1 aliphatic heterocycles. The van der Waals surface area contributed by atoms with Gasteiger partial charge in [0.2, 0.25) is 5.91 Å². The Morgan fingerprint density at radius 1 is 1.28 bits per heavy atom. The summed E-state index contributed by atoms with van der Waals surface area (Å²) < 4.78 is 39.4. The van der Waals surface area contributed by atoms with Gasteiger partial charge in [-0.3, -0.25) is 4.79 Å². The minimum Gasteiger partial charge on any atom is -0.382 e. The van der Waals surface area contributed by atoms with Crippen LogP contribution in [0.1, 0.15) is 55.1 Å². The molecule has 2 rings (SSSR count). The monoisotopic (exact) mass is 357 g/mol. The summed E-state index contributed by atoms with van der Waals surface area (Å²) in [7, 11) is 0. The molecule has 3 atom stereocenters. The lowest BCUT2D eigenvalue weighted by Gasteiger charge is -2.37. The maximum absolute atomic E-state index is 13.1. The number of rotatable bonds is 4. The third-order valence-electron chi connectivity index (χ3n) is 4.97. The van der Waals surface area contributed by atoms with E-state index in [1.54, 1.807) is 6.92 Å². The Kier molecular flexibility index (Phi) is 5.66. The SMILES string of the molecule is Cc1c(NC(C)C2CC(C)NC(C)C2)cc(C(F)(F)F)cc1C(N)=O. The Hall–Kier alpha value is -1.76. The average Bonchev–Trinajstić information content (AvgIpc) is 2.46.